The number of nitrogens with zero attached hydrogens (tertiary/aromatic N) is 4. The Morgan fingerprint density at radius 3 is 2.67 bits per heavy atom. The van der Waals surface area contributed by atoms with Crippen LogP contribution in [0.3, 0.4) is 0 Å². The lowest BCUT2D eigenvalue weighted by molar-refractivity contribution is 0.0727. The fraction of sp³-hybridized carbons (Fsp3) is 0.222. The lowest BCUT2D eigenvalue weighted by Gasteiger charge is -2.28. The average molecular weight is 322 g/mol. The number of benzene rings is 2. The summed E-state index contributed by atoms with van der Waals surface area (Å²) in [5.41, 5.74) is 2.01. The Morgan fingerprint density at radius 1 is 1.12 bits per heavy atom. The quantitative estimate of drug-likeness (QED) is 0.853. The number of halogens is 1. The Balaban J connectivity index is 1.81. The highest BCUT2D eigenvalue weighted by Crippen LogP contribution is 2.40. The second kappa shape index (κ2) is 5.62. The summed E-state index contributed by atoms with van der Waals surface area (Å²) in [5.74, 6) is -0.306. The number of hydrogen-bond acceptors (Lipinski definition) is 3. The van der Waals surface area contributed by atoms with Gasteiger partial charge in [-0.1, -0.05) is 18.2 Å². The van der Waals surface area contributed by atoms with Crippen LogP contribution in [-0.2, 0) is 0 Å². The first-order chi connectivity index (χ1) is 11.7. The number of fused-ring (bicyclic) bond motifs is 1. The van der Waals surface area contributed by atoms with Gasteiger partial charge in [-0.25, -0.2) is 9.18 Å². The average Bonchev–Trinajstić information content (AvgIpc) is 3.18. The predicted octanol–water partition coefficient (Wildman–Crippen LogP) is 3.26. The Bertz CT molecular complexity index is 830. The van der Waals surface area contributed by atoms with E-state index in [1.807, 2.05) is 11.1 Å². The minimum atomic E-state index is -0.324. The summed E-state index contributed by atoms with van der Waals surface area (Å²) in [7, 11) is 0. The molecule has 0 spiro atoms. The summed E-state index contributed by atoms with van der Waals surface area (Å²) in [6.07, 6.45) is 0.588. The molecule has 2 aliphatic heterocycles. The van der Waals surface area contributed by atoms with E-state index in [2.05, 4.69) is 6.07 Å². The van der Waals surface area contributed by atoms with Crippen LogP contribution in [0.1, 0.15) is 23.7 Å². The molecule has 2 heterocycles. The lowest BCUT2D eigenvalue weighted by atomic mass is 10.1. The molecule has 2 aromatic rings. The molecule has 0 N–H and O–H groups in total. The summed E-state index contributed by atoms with van der Waals surface area (Å²) in [4.78, 5) is 14.6. The molecule has 120 valence electrons. The van der Waals surface area contributed by atoms with Crippen molar-refractivity contribution in [2.45, 2.75) is 12.6 Å². The van der Waals surface area contributed by atoms with E-state index in [0.29, 0.717) is 17.8 Å². The number of hydrogen-bond donors (Lipinski definition) is 0. The number of carbonyl (C=O) groups is 1. The molecular weight excluding hydrogens is 307 g/mol. The SMILES string of the molecule is N#Cc1cccc(N2C(=O)N3CCCN3C2c2ccc(F)cc2)c1. The molecule has 0 aromatic heterocycles. The summed E-state index contributed by atoms with van der Waals surface area (Å²) in [6.45, 7) is 1.44. The standard InChI is InChI=1S/C18H15FN4O/c19-15-7-5-14(6-8-15)17-21-9-2-10-22(21)18(24)23(17)16-4-1-3-13(11-16)12-20/h1,3-8,11,17H,2,9-10H2. The van der Waals surface area contributed by atoms with Gasteiger partial charge >= 0.3 is 6.03 Å². The smallest absolute Gasteiger partial charge is 0.271 e. The maximum Gasteiger partial charge on any atom is 0.340 e. The van der Waals surface area contributed by atoms with Crippen molar-refractivity contribution in [3.8, 4) is 6.07 Å². The van der Waals surface area contributed by atoms with Gasteiger partial charge in [-0.05, 0) is 42.3 Å². The Labute approximate surface area is 139 Å². The lowest BCUT2D eigenvalue weighted by Crippen LogP contribution is -2.32. The van der Waals surface area contributed by atoms with Crippen LogP contribution in [0.2, 0.25) is 0 Å². The first kappa shape index (κ1) is 14.7. The third-order valence-corrected chi connectivity index (χ3v) is 4.44. The van der Waals surface area contributed by atoms with Crippen LogP contribution >= 0.6 is 0 Å². The highest BCUT2D eigenvalue weighted by molar-refractivity contribution is 5.94. The van der Waals surface area contributed by atoms with Gasteiger partial charge in [-0.2, -0.15) is 10.3 Å². The molecule has 2 aliphatic rings. The Kier molecular flexibility index (Phi) is 3.44. The van der Waals surface area contributed by atoms with Gasteiger partial charge in [-0.15, -0.1) is 0 Å². The van der Waals surface area contributed by atoms with E-state index < -0.39 is 0 Å². The van der Waals surface area contributed by atoms with Gasteiger partial charge in [-0.3, -0.25) is 9.91 Å². The van der Waals surface area contributed by atoms with E-state index in [1.165, 1.54) is 12.1 Å². The van der Waals surface area contributed by atoms with E-state index in [4.69, 9.17) is 5.26 Å². The van der Waals surface area contributed by atoms with E-state index in [1.54, 1.807) is 40.2 Å². The van der Waals surface area contributed by atoms with Crippen LogP contribution in [0.5, 0.6) is 0 Å². The van der Waals surface area contributed by atoms with Gasteiger partial charge in [0.2, 0.25) is 0 Å². The number of amides is 2. The van der Waals surface area contributed by atoms with Crippen molar-refractivity contribution in [1.82, 2.24) is 10.0 Å². The number of hydrazine groups is 1. The van der Waals surface area contributed by atoms with Crippen LogP contribution in [0.15, 0.2) is 48.5 Å². The normalized spacial score (nSPS) is 20.3. The van der Waals surface area contributed by atoms with Crippen LogP contribution in [-0.4, -0.2) is 29.1 Å². The molecule has 0 radical (unpaired) electrons. The molecule has 4 rings (SSSR count). The van der Waals surface area contributed by atoms with Gasteiger partial charge < -0.3 is 0 Å². The first-order valence-corrected chi connectivity index (χ1v) is 7.82. The Hall–Kier alpha value is -2.91. The number of anilines is 1. The first-order valence-electron chi connectivity index (χ1n) is 7.82. The van der Waals surface area contributed by atoms with Gasteiger partial charge in [0, 0.05) is 18.8 Å². The summed E-state index contributed by atoms with van der Waals surface area (Å²) < 4.78 is 13.3. The molecule has 2 amide bonds. The second-order valence-electron chi connectivity index (χ2n) is 5.88. The Morgan fingerprint density at radius 2 is 1.92 bits per heavy atom. The zero-order valence-corrected chi connectivity index (χ0v) is 12.9. The van der Waals surface area contributed by atoms with Crippen molar-refractivity contribution in [2.75, 3.05) is 18.0 Å². The third-order valence-electron chi connectivity index (χ3n) is 4.44. The third kappa shape index (κ3) is 2.22. The predicted molar refractivity (Wildman–Crippen MR) is 86.2 cm³/mol. The fourth-order valence-electron chi connectivity index (χ4n) is 3.39. The van der Waals surface area contributed by atoms with Gasteiger partial charge in [0.05, 0.1) is 11.6 Å². The summed E-state index contributed by atoms with van der Waals surface area (Å²) in [6, 6.07) is 15.2. The molecule has 2 fully saturated rings. The van der Waals surface area contributed by atoms with E-state index in [0.717, 1.165) is 18.5 Å². The number of carbonyl (C=O) groups excluding carboxylic acids is 1. The van der Waals surface area contributed by atoms with E-state index >= 15 is 0 Å². The largest absolute Gasteiger partial charge is 0.340 e. The molecule has 24 heavy (non-hydrogen) atoms. The maximum absolute atomic E-state index is 13.3. The zero-order valence-electron chi connectivity index (χ0n) is 12.9. The molecule has 6 heteroatoms. The number of nitriles is 1. The van der Waals surface area contributed by atoms with Gasteiger partial charge in [0.15, 0.2) is 0 Å². The maximum atomic E-state index is 13.3. The van der Waals surface area contributed by atoms with Crippen LogP contribution in [0.25, 0.3) is 0 Å². The van der Waals surface area contributed by atoms with Crippen molar-refractivity contribution < 1.29 is 9.18 Å². The van der Waals surface area contributed by atoms with Crippen LogP contribution < -0.4 is 4.90 Å². The van der Waals surface area contributed by atoms with Crippen molar-refractivity contribution in [1.29, 1.82) is 5.26 Å². The molecule has 0 saturated carbocycles. The van der Waals surface area contributed by atoms with E-state index in [9.17, 15) is 9.18 Å². The molecule has 5 nitrogen and oxygen atoms in total. The summed E-state index contributed by atoms with van der Waals surface area (Å²) >= 11 is 0. The van der Waals surface area contributed by atoms with Crippen molar-refractivity contribution in [3.05, 3.63) is 65.5 Å². The van der Waals surface area contributed by atoms with Crippen molar-refractivity contribution in [2.24, 2.45) is 0 Å². The van der Waals surface area contributed by atoms with Crippen molar-refractivity contribution in [3.63, 3.8) is 0 Å². The molecule has 1 atom stereocenters. The molecule has 0 aliphatic carbocycles. The number of rotatable bonds is 2. The molecule has 1 unspecified atom stereocenters. The minimum absolute atomic E-state index is 0.114. The molecular formula is C18H15FN4O. The molecule has 2 aromatic carbocycles. The molecule has 0 bridgehead atoms. The second-order valence-corrected chi connectivity index (χ2v) is 5.88. The minimum Gasteiger partial charge on any atom is -0.271 e. The van der Waals surface area contributed by atoms with E-state index in [-0.39, 0.29) is 18.0 Å². The van der Waals surface area contributed by atoms with Crippen LogP contribution in [0, 0.1) is 17.1 Å². The molecule has 2 saturated heterocycles. The summed E-state index contributed by atoms with van der Waals surface area (Å²) in [5, 5.41) is 12.9. The van der Waals surface area contributed by atoms with Crippen LogP contribution in [0.4, 0.5) is 14.9 Å². The zero-order chi connectivity index (χ0) is 16.7. The van der Waals surface area contributed by atoms with Gasteiger partial charge in [0.25, 0.3) is 0 Å². The number of urea groups is 1. The highest BCUT2D eigenvalue weighted by Gasteiger charge is 2.47. The fourth-order valence-corrected chi connectivity index (χ4v) is 3.39. The monoisotopic (exact) mass is 322 g/mol. The topological polar surface area (TPSA) is 50.6 Å². The van der Waals surface area contributed by atoms with Gasteiger partial charge in [0.1, 0.15) is 12.0 Å². The highest BCUT2D eigenvalue weighted by atomic mass is 19.1. The van der Waals surface area contributed by atoms with Crippen molar-refractivity contribution >= 4 is 11.7 Å².